The van der Waals surface area contributed by atoms with E-state index in [-0.39, 0.29) is 17.1 Å². The Labute approximate surface area is 107 Å². The van der Waals surface area contributed by atoms with E-state index in [1.807, 2.05) is 0 Å². The largest absolute Gasteiger partial charge is 0.496 e. The Morgan fingerprint density at radius 1 is 1.28 bits per heavy atom. The highest BCUT2D eigenvalue weighted by Gasteiger charge is 2.16. The van der Waals surface area contributed by atoms with Gasteiger partial charge >= 0.3 is 5.97 Å². The number of carboxylic acid groups (broad SMARTS) is 1. The average Bonchev–Trinajstić information content (AvgIpc) is 2.90. The van der Waals surface area contributed by atoms with E-state index in [0.29, 0.717) is 10.4 Å². The van der Waals surface area contributed by atoms with Gasteiger partial charge in [-0.15, -0.1) is 11.3 Å². The van der Waals surface area contributed by atoms with Gasteiger partial charge in [0.15, 0.2) is 0 Å². The fraction of sp³-hybridized carbons (Fsp3) is 0.0769. The second-order valence-electron chi connectivity index (χ2n) is 3.53. The Morgan fingerprint density at radius 2 is 2.06 bits per heavy atom. The van der Waals surface area contributed by atoms with Crippen molar-refractivity contribution in [2.75, 3.05) is 7.11 Å². The van der Waals surface area contributed by atoms with Crippen LogP contribution in [0, 0.1) is 0 Å². The van der Waals surface area contributed by atoms with Crippen molar-refractivity contribution in [1.82, 2.24) is 0 Å². The lowest BCUT2D eigenvalue weighted by atomic mass is 10.1. The summed E-state index contributed by atoms with van der Waals surface area (Å²) in [5.41, 5.74) is 0.329. The molecule has 1 aromatic heterocycles. The van der Waals surface area contributed by atoms with Crippen LogP contribution >= 0.6 is 11.3 Å². The van der Waals surface area contributed by atoms with Crippen LogP contribution in [-0.2, 0) is 0 Å². The fourth-order valence-electron chi connectivity index (χ4n) is 1.57. The molecule has 1 heterocycles. The van der Waals surface area contributed by atoms with Crippen LogP contribution in [-0.4, -0.2) is 24.0 Å². The lowest BCUT2D eigenvalue weighted by Gasteiger charge is -2.06. The molecule has 18 heavy (non-hydrogen) atoms. The molecule has 1 aromatic carbocycles. The summed E-state index contributed by atoms with van der Waals surface area (Å²) >= 11 is 1.32. The molecule has 0 aliphatic rings. The Kier molecular flexibility index (Phi) is 3.43. The number of carboxylic acids is 1. The van der Waals surface area contributed by atoms with E-state index in [1.54, 1.807) is 23.6 Å². The summed E-state index contributed by atoms with van der Waals surface area (Å²) in [4.78, 5) is 23.7. The van der Waals surface area contributed by atoms with E-state index < -0.39 is 5.97 Å². The number of carbonyl (C=O) groups is 2. The summed E-state index contributed by atoms with van der Waals surface area (Å²) in [5.74, 6) is -1.06. The average molecular weight is 262 g/mol. The standard InChI is InChI=1S/C13H10O4S/c1-17-10-5-4-8(7-9(10)13(15)16)12(14)11-3-2-6-18-11/h2-7H,1H3,(H,15,16). The lowest BCUT2D eigenvalue weighted by molar-refractivity contribution is 0.0693. The van der Waals surface area contributed by atoms with Crippen molar-refractivity contribution in [3.63, 3.8) is 0 Å². The van der Waals surface area contributed by atoms with Crippen LogP contribution in [0.4, 0.5) is 0 Å². The number of ketones is 1. The maximum atomic E-state index is 12.1. The number of hydrogen-bond acceptors (Lipinski definition) is 4. The molecule has 0 aliphatic carbocycles. The first-order chi connectivity index (χ1) is 8.63. The molecule has 0 atom stereocenters. The third kappa shape index (κ3) is 2.26. The second-order valence-corrected chi connectivity index (χ2v) is 4.47. The van der Waals surface area contributed by atoms with Crippen molar-refractivity contribution in [3.05, 3.63) is 51.7 Å². The fourth-order valence-corrected chi connectivity index (χ4v) is 2.25. The molecule has 0 saturated carbocycles. The van der Waals surface area contributed by atoms with Gasteiger partial charge in [0.2, 0.25) is 5.78 Å². The third-order valence-corrected chi connectivity index (χ3v) is 3.31. The molecule has 4 nitrogen and oxygen atoms in total. The molecule has 0 unspecified atom stereocenters. The van der Waals surface area contributed by atoms with Crippen LogP contribution < -0.4 is 4.74 Å². The SMILES string of the molecule is COc1ccc(C(=O)c2cccs2)cc1C(=O)O. The molecule has 2 rings (SSSR count). The minimum Gasteiger partial charge on any atom is -0.496 e. The van der Waals surface area contributed by atoms with Gasteiger partial charge in [-0.2, -0.15) is 0 Å². The zero-order valence-corrected chi connectivity index (χ0v) is 10.4. The topological polar surface area (TPSA) is 63.6 Å². The van der Waals surface area contributed by atoms with Gasteiger partial charge in [-0.3, -0.25) is 4.79 Å². The summed E-state index contributed by atoms with van der Waals surface area (Å²) in [7, 11) is 1.39. The van der Waals surface area contributed by atoms with Gasteiger partial charge in [-0.05, 0) is 29.6 Å². The first kappa shape index (κ1) is 12.3. The highest BCUT2D eigenvalue weighted by atomic mass is 32.1. The highest BCUT2D eigenvalue weighted by Crippen LogP contribution is 2.22. The Bertz CT molecular complexity index is 587. The molecular weight excluding hydrogens is 252 g/mol. The van der Waals surface area contributed by atoms with Crippen molar-refractivity contribution >= 4 is 23.1 Å². The van der Waals surface area contributed by atoms with Gasteiger partial charge in [0.05, 0.1) is 12.0 Å². The molecule has 0 spiro atoms. The van der Waals surface area contributed by atoms with Crippen molar-refractivity contribution < 1.29 is 19.4 Å². The van der Waals surface area contributed by atoms with Gasteiger partial charge < -0.3 is 9.84 Å². The van der Waals surface area contributed by atoms with Gasteiger partial charge in [0, 0.05) is 5.56 Å². The van der Waals surface area contributed by atoms with Crippen molar-refractivity contribution in [2.24, 2.45) is 0 Å². The summed E-state index contributed by atoms with van der Waals surface area (Å²) in [6, 6.07) is 7.87. The summed E-state index contributed by atoms with van der Waals surface area (Å²) in [6.45, 7) is 0. The Balaban J connectivity index is 2.44. The van der Waals surface area contributed by atoms with Crippen LogP contribution in [0.2, 0.25) is 0 Å². The van der Waals surface area contributed by atoms with Crippen molar-refractivity contribution in [2.45, 2.75) is 0 Å². The molecule has 5 heteroatoms. The third-order valence-electron chi connectivity index (χ3n) is 2.44. The predicted octanol–water partition coefficient (Wildman–Crippen LogP) is 2.69. The second kappa shape index (κ2) is 5.01. The molecule has 0 saturated heterocycles. The molecular formula is C13H10O4S. The van der Waals surface area contributed by atoms with E-state index in [4.69, 9.17) is 9.84 Å². The number of hydrogen-bond donors (Lipinski definition) is 1. The van der Waals surface area contributed by atoms with Crippen LogP contribution in [0.15, 0.2) is 35.7 Å². The summed E-state index contributed by atoms with van der Waals surface area (Å²) < 4.78 is 4.94. The van der Waals surface area contributed by atoms with Crippen molar-refractivity contribution in [3.8, 4) is 5.75 Å². The van der Waals surface area contributed by atoms with E-state index >= 15 is 0 Å². The number of benzene rings is 1. The number of carbonyl (C=O) groups excluding carboxylic acids is 1. The van der Waals surface area contributed by atoms with Gasteiger partial charge in [0.1, 0.15) is 11.3 Å². The number of thiophene rings is 1. The van der Waals surface area contributed by atoms with Crippen LogP contribution in [0.3, 0.4) is 0 Å². The zero-order valence-electron chi connectivity index (χ0n) is 9.54. The molecule has 2 aromatic rings. The van der Waals surface area contributed by atoms with E-state index in [9.17, 15) is 9.59 Å². The first-order valence-corrected chi connectivity index (χ1v) is 6.01. The Hall–Kier alpha value is -2.14. The summed E-state index contributed by atoms with van der Waals surface area (Å²) in [5, 5.41) is 10.8. The van der Waals surface area contributed by atoms with Crippen LogP contribution in [0.1, 0.15) is 25.6 Å². The maximum absolute atomic E-state index is 12.1. The molecule has 92 valence electrons. The van der Waals surface area contributed by atoms with Crippen LogP contribution in [0.5, 0.6) is 5.75 Å². The number of ether oxygens (including phenoxy) is 1. The number of aromatic carboxylic acids is 1. The monoisotopic (exact) mass is 262 g/mol. The first-order valence-electron chi connectivity index (χ1n) is 5.13. The number of rotatable bonds is 4. The smallest absolute Gasteiger partial charge is 0.339 e. The van der Waals surface area contributed by atoms with Gasteiger partial charge in [-0.1, -0.05) is 6.07 Å². The lowest BCUT2D eigenvalue weighted by Crippen LogP contribution is -2.05. The minimum absolute atomic E-state index is 0.0140. The predicted molar refractivity (Wildman–Crippen MR) is 67.7 cm³/mol. The van der Waals surface area contributed by atoms with Crippen LogP contribution in [0.25, 0.3) is 0 Å². The maximum Gasteiger partial charge on any atom is 0.339 e. The Morgan fingerprint density at radius 3 is 2.61 bits per heavy atom. The molecule has 0 aliphatic heterocycles. The molecule has 0 amide bonds. The summed E-state index contributed by atoms with van der Waals surface area (Å²) in [6.07, 6.45) is 0. The van der Waals surface area contributed by atoms with E-state index in [2.05, 4.69) is 0 Å². The quantitative estimate of drug-likeness (QED) is 0.860. The normalized spacial score (nSPS) is 10.1. The zero-order chi connectivity index (χ0) is 13.1. The van der Waals surface area contributed by atoms with Crippen molar-refractivity contribution in [1.29, 1.82) is 0 Å². The number of methoxy groups -OCH3 is 1. The van der Waals surface area contributed by atoms with Gasteiger partial charge in [0.25, 0.3) is 0 Å². The highest BCUT2D eigenvalue weighted by molar-refractivity contribution is 7.12. The molecule has 0 bridgehead atoms. The molecule has 0 radical (unpaired) electrons. The van der Waals surface area contributed by atoms with E-state index in [1.165, 1.54) is 30.6 Å². The minimum atomic E-state index is -1.12. The molecule has 1 N–H and O–H groups in total. The molecule has 0 fully saturated rings. The van der Waals surface area contributed by atoms with Gasteiger partial charge in [-0.25, -0.2) is 4.79 Å². The van der Waals surface area contributed by atoms with E-state index in [0.717, 1.165) is 0 Å².